The zero-order chi connectivity index (χ0) is 10.6. The van der Waals surface area contributed by atoms with Crippen molar-refractivity contribution >= 4 is 6.29 Å². The molecule has 0 saturated carbocycles. The van der Waals surface area contributed by atoms with Crippen LogP contribution in [0.1, 0.15) is 22.8 Å². The Kier molecular flexibility index (Phi) is 3.51. The van der Waals surface area contributed by atoms with E-state index in [4.69, 9.17) is 9.47 Å². The average molecular weight is 194 g/mol. The number of aryl methyl sites for hydroxylation is 1. The minimum Gasteiger partial charge on any atom is -0.493 e. The second kappa shape index (κ2) is 4.65. The molecule has 1 rings (SSSR count). The Labute approximate surface area is 83.6 Å². The van der Waals surface area contributed by atoms with E-state index in [0.717, 1.165) is 11.8 Å². The van der Waals surface area contributed by atoms with Gasteiger partial charge in [-0.25, -0.2) is 0 Å². The molecule has 0 atom stereocenters. The van der Waals surface area contributed by atoms with Gasteiger partial charge in [0.1, 0.15) is 6.29 Å². The van der Waals surface area contributed by atoms with Crippen LogP contribution < -0.4 is 9.47 Å². The number of hydrogen-bond acceptors (Lipinski definition) is 3. The Morgan fingerprint density at radius 3 is 2.57 bits per heavy atom. The van der Waals surface area contributed by atoms with E-state index < -0.39 is 0 Å². The van der Waals surface area contributed by atoms with E-state index >= 15 is 0 Å². The summed E-state index contributed by atoms with van der Waals surface area (Å²) in [6.07, 6.45) is 0.817. The summed E-state index contributed by atoms with van der Waals surface area (Å²) in [6, 6.07) is 3.50. The molecule has 0 amide bonds. The largest absolute Gasteiger partial charge is 0.493 e. The number of aldehydes is 1. The number of ether oxygens (including phenoxy) is 2. The van der Waals surface area contributed by atoms with E-state index in [1.54, 1.807) is 19.2 Å². The second-order valence-corrected chi connectivity index (χ2v) is 2.91. The van der Waals surface area contributed by atoms with Gasteiger partial charge in [0, 0.05) is 5.56 Å². The molecular weight excluding hydrogens is 180 g/mol. The highest BCUT2D eigenvalue weighted by Crippen LogP contribution is 2.29. The van der Waals surface area contributed by atoms with Gasteiger partial charge in [0.15, 0.2) is 11.5 Å². The lowest BCUT2D eigenvalue weighted by atomic mass is 10.1. The van der Waals surface area contributed by atoms with Crippen molar-refractivity contribution < 1.29 is 14.3 Å². The first-order valence-corrected chi connectivity index (χ1v) is 4.49. The van der Waals surface area contributed by atoms with E-state index in [2.05, 4.69) is 0 Å². The van der Waals surface area contributed by atoms with Crippen LogP contribution in [0.15, 0.2) is 12.1 Å². The highest BCUT2D eigenvalue weighted by molar-refractivity contribution is 5.79. The van der Waals surface area contributed by atoms with Crippen molar-refractivity contribution in [1.29, 1.82) is 0 Å². The van der Waals surface area contributed by atoms with Crippen LogP contribution >= 0.6 is 0 Å². The highest BCUT2D eigenvalue weighted by atomic mass is 16.5. The molecule has 0 saturated heterocycles. The van der Waals surface area contributed by atoms with E-state index in [9.17, 15) is 4.79 Å². The van der Waals surface area contributed by atoms with Crippen LogP contribution in [-0.2, 0) is 0 Å². The summed E-state index contributed by atoms with van der Waals surface area (Å²) in [5.74, 6) is 1.28. The maximum Gasteiger partial charge on any atom is 0.161 e. The second-order valence-electron chi connectivity index (χ2n) is 2.91. The fourth-order valence-electron chi connectivity index (χ4n) is 1.23. The van der Waals surface area contributed by atoms with E-state index in [1.807, 2.05) is 13.8 Å². The molecule has 3 heteroatoms. The Morgan fingerprint density at radius 2 is 2.07 bits per heavy atom. The van der Waals surface area contributed by atoms with Gasteiger partial charge in [0.25, 0.3) is 0 Å². The first-order valence-electron chi connectivity index (χ1n) is 4.49. The quantitative estimate of drug-likeness (QED) is 0.689. The van der Waals surface area contributed by atoms with E-state index in [0.29, 0.717) is 23.7 Å². The number of carbonyl (C=O) groups is 1. The van der Waals surface area contributed by atoms with Crippen LogP contribution in [0.5, 0.6) is 11.5 Å². The molecule has 3 nitrogen and oxygen atoms in total. The maximum absolute atomic E-state index is 10.7. The number of hydrogen-bond donors (Lipinski definition) is 0. The summed E-state index contributed by atoms with van der Waals surface area (Å²) in [6.45, 7) is 4.31. The number of methoxy groups -OCH3 is 1. The first-order chi connectivity index (χ1) is 6.72. The van der Waals surface area contributed by atoms with Gasteiger partial charge in [-0.15, -0.1) is 0 Å². The van der Waals surface area contributed by atoms with Crippen molar-refractivity contribution in [3.63, 3.8) is 0 Å². The molecule has 0 aliphatic heterocycles. The van der Waals surface area contributed by atoms with Crippen molar-refractivity contribution in [3.05, 3.63) is 23.3 Å². The van der Waals surface area contributed by atoms with Crippen LogP contribution in [0.4, 0.5) is 0 Å². The standard InChI is InChI=1S/C11H14O3/c1-4-14-11-6-9(7-12)8(2)5-10(11)13-3/h5-7H,4H2,1-3H3. The van der Waals surface area contributed by atoms with Crippen molar-refractivity contribution in [2.24, 2.45) is 0 Å². The zero-order valence-electron chi connectivity index (χ0n) is 8.66. The molecule has 1 aromatic rings. The van der Waals surface area contributed by atoms with Gasteiger partial charge in [-0.3, -0.25) is 4.79 Å². The van der Waals surface area contributed by atoms with Gasteiger partial charge in [0.2, 0.25) is 0 Å². The molecule has 0 N–H and O–H groups in total. The molecule has 0 fully saturated rings. The van der Waals surface area contributed by atoms with Crippen molar-refractivity contribution in [1.82, 2.24) is 0 Å². The molecule has 0 spiro atoms. The Bertz CT molecular complexity index is 332. The molecule has 1 aromatic carbocycles. The normalized spacial score (nSPS) is 9.64. The fourth-order valence-corrected chi connectivity index (χ4v) is 1.23. The summed E-state index contributed by atoms with van der Waals surface area (Å²) in [4.78, 5) is 10.7. The van der Waals surface area contributed by atoms with Crippen LogP contribution in [0.2, 0.25) is 0 Å². The van der Waals surface area contributed by atoms with Crippen LogP contribution in [0.3, 0.4) is 0 Å². The SMILES string of the molecule is CCOc1cc(C=O)c(C)cc1OC. The lowest BCUT2D eigenvalue weighted by Gasteiger charge is -2.11. The third-order valence-electron chi connectivity index (χ3n) is 1.98. The molecule has 0 aliphatic rings. The summed E-state index contributed by atoms with van der Waals surface area (Å²) in [5, 5.41) is 0. The Balaban J connectivity index is 3.17. The van der Waals surface area contributed by atoms with E-state index in [1.165, 1.54) is 0 Å². The monoisotopic (exact) mass is 194 g/mol. The zero-order valence-corrected chi connectivity index (χ0v) is 8.66. The molecule has 0 unspecified atom stereocenters. The van der Waals surface area contributed by atoms with Gasteiger partial charge in [0.05, 0.1) is 13.7 Å². The summed E-state index contributed by atoms with van der Waals surface area (Å²) < 4.78 is 10.5. The molecule has 0 heterocycles. The number of rotatable bonds is 4. The van der Waals surface area contributed by atoms with Gasteiger partial charge >= 0.3 is 0 Å². The molecule has 76 valence electrons. The predicted molar refractivity (Wildman–Crippen MR) is 54.3 cm³/mol. The molecule has 14 heavy (non-hydrogen) atoms. The summed E-state index contributed by atoms with van der Waals surface area (Å²) in [7, 11) is 1.58. The van der Waals surface area contributed by atoms with E-state index in [-0.39, 0.29) is 0 Å². The van der Waals surface area contributed by atoms with Crippen LogP contribution in [0, 0.1) is 6.92 Å². The number of carbonyl (C=O) groups excluding carboxylic acids is 1. The van der Waals surface area contributed by atoms with Crippen molar-refractivity contribution in [3.8, 4) is 11.5 Å². The summed E-state index contributed by atoms with van der Waals surface area (Å²) in [5.41, 5.74) is 1.52. The first kappa shape index (κ1) is 10.6. The van der Waals surface area contributed by atoms with Gasteiger partial charge in [-0.2, -0.15) is 0 Å². The van der Waals surface area contributed by atoms with Crippen LogP contribution in [0.25, 0.3) is 0 Å². The molecule has 0 aromatic heterocycles. The average Bonchev–Trinajstić information content (AvgIpc) is 2.20. The molecule has 0 bridgehead atoms. The molecular formula is C11H14O3. The van der Waals surface area contributed by atoms with Gasteiger partial charge in [-0.05, 0) is 31.5 Å². The smallest absolute Gasteiger partial charge is 0.161 e. The third kappa shape index (κ3) is 2.05. The van der Waals surface area contributed by atoms with Crippen LogP contribution in [-0.4, -0.2) is 20.0 Å². The van der Waals surface area contributed by atoms with Crippen molar-refractivity contribution in [2.75, 3.05) is 13.7 Å². The van der Waals surface area contributed by atoms with Gasteiger partial charge in [-0.1, -0.05) is 0 Å². The molecule has 0 radical (unpaired) electrons. The third-order valence-corrected chi connectivity index (χ3v) is 1.98. The molecule has 0 aliphatic carbocycles. The summed E-state index contributed by atoms with van der Waals surface area (Å²) >= 11 is 0. The predicted octanol–water partition coefficient (Wildman–Crippen LogP) is 2.21. The number of benzene rings is 1. The minimum atomic E-state index is 0.553. The minimum absolute atomic E-state index is 0.553. The Morgan fingerprint density at radius 1 is 1.36 bits per heavy atom. The van der Waals surface area contributed by atoms with Crippen molar-refractivity contribution in [2.45, 2.75) is 13.8 Å². The topological polar surface area (TPSA) is 35.5 Å². The lowest BCUT2D eigenvalue weighted by molar-refractivity contribution is 0.112. The lowest BCUT2D eigenvalue weighted by Crippen LogP contribution is -1.98. The van der Waals surface area contributed by atoms with Gasteiger partial charge < -0.3 is 9.47 Å². The fraction of sp³-hybridized carbons (Fsp3) is 0.364. The highest BCUT2D eigenvalue weighted by Gasteiger charge is 2.07. The Hall–Kier alpha value is -1.51. The maximum atomic E-state index is 10.7.